The number of esters is 1. The Balaban J connectivity index is 1.39. The van der Waals surface area contributed by atoms with Gasteiger partial charge in [-0.3, -0.25) is 4.98 Å². The molecule has 6 heteroatoms. The molecule has 0 unspecified atom stereocenters. The van der Waals surface area contributed by atoms with Gasteiger partial charge in [0, 0.05) is 17.2 Å². The summed E-state index contributed by atoms with van der Waals surface area (Å²) in [5, 5.41) is 3.57. The van der Waals surface area contributed by atoms with E-state index in [4.69, 9.17) is 19.4 Å². The van der Waals surface area contributed by atoms with Gasteiger partial charge in [0.05, 0.1) is 23.7 Å². The molecule has 0 spiro atoms. The quantitative estimate of drug-likeness (QED) is 0.444. The van der Waals surface area contributed by atoms with Crippen molar-refractivity contribution in [3.63, 3.8) is 0 Å². The number of nitrogens with one attached hydrogen (secondary N) is 1. The molecule has 0 aliphatic heterocycles. The maximum absolute atomic E-state index is 11.9. The van der Waals surface area contributed by atoms with Gasteiger partial charge in [0.2, 0.25) is 0 Å². The number of hydrogen-bond acceptors (Lipinski definition) is 6. The molecule has 1 fully saturated rings. The molecule has 34 heavy (non-hydrogen) atoms. The summed E-state index contributed by atoms with van der Waals surface area (Å²) in [5.41, 5.74) is 3.33. The molecule has 0 radical (unpaired) electrons. The van der Waals surface area contributed by atoms with Crippen molar-refractivity contribution in [3.8, 4) is 22.5 Å². The molecule has 1 N–H and O–H groups in total. The van der Waals surface area contributed by atoms with Gasteiger partial charge in [0.1, 0.15) is 18.0 Å². The molecule has 1 aromatic heterocycles. The Labute approximate surface area is 201 Å². The van der Waals surface area contributed by atoms with E-state index in [1.54, 1.807) is 0 Å². The molecule has 0 bridgehead atoms. The first-order valence-electron chi connectivity index (χ1n) is 12.0. The Morgan fingerprint density at radius 3 is 2.09 bits per heavy atom. The maximum Gasteiger partial charge on any atom is 0.332 e. The van der Waals surface area contributed by atoms with E-state index in [0.717, 1.165) is 54.0 Å². The van der Waals surface area contributed by atoms with Crippen LogP contribution in [0.15, 0.2) is 66.9 Å². The van der Waals surface area contributed by atoms with Gasteiger partial charge in [0.25, 0.3) is 0 Å². The monoisotopic (exact) mass is 459 g/mol. The summed E-state index contributed by atoms with van der Waals surface area (Å²) in [6.45, 7) is 5.59. The molecule has 1 saturated carbocycles. The Hall–Kier alpha value is -3.25. The summed E-state index contributed by atoms with van der Waals surface area (Å²) < 4.78 is 11.1. The van der Waals surface area contributed by atoms with Crippen molar-refractivity contribution in [2.75, 3.05) is 11.9 Å². The minimum absolute atomic E-state index is 0.00684. The van der Waals surface area contributed by atoms with E-state index in [2.05, 4.69) is 29.6 Å². The predicted molar refractivity (Wildman–Crippen MR) is 134 cm³/mol. The lowest BCUT2D eigenvalue weighted by Crippen LogP contribution is -2.32. The van der Waals surface area contributed by atoms with Gasteiger partial charge in [-0.1, -0.05) is 60.7 Å². The van der Waals surface area contributed by atoms with Gasteiger partial charge in [-0.05, 0) is 46.5 Å². The van der Waals surface area contributed by atoms with Gasteiger partial charge < -0.3 is 14.8 Å². The van der Waals surface area contributed by atoms with Crippen LogP contribution in [-0.2, 0) is 14.3 Å². The van der Waals surface area contributed by atoms with E-state index in [-0.39, 0.29) is 18.7 Å². The van der Waals surface area contributed by atoms with E-state index < -0.39 is 5.60 Å². The van der Waals surface area contributed by atoms with Crippen LogP contribution >= 0.6 is 0 Å². The van der Waals surface area contributed by atoms with Crippen molar-refractivity contribution in [1.29, 1.82) is 0 Å². The van der Waals surface area contributed by atoms with Gasteiger partial charge in [-0.2, -0.15) is 0 Å². The number of aromatic nitrogens is 2. The summed E-state index contributed by atoms with van der Waals surface area (Å²) in [7, 11) is 0. The Kier molecular flexibility index (Phi) is 7.58. The van der Waals surface area contributed by atoms with Crippen LogP contribution in [0.1, 0.15) is 46.5 Å². The molecular weight excluding hydrogens is 426 g/mol. The zero-order valence-corrected chi connectivity index (χ0v) is 20.2. The van der Waals surface area contributed by atoms with Crippen LogP contribution in [0.5, 0.6) is 0 Å². The summed E-state index contributed by atoms with van der Waals surface area (Å²) in [6.07, 6.45) is 5.57. The Morgan fingerprint density at radius 1 is 0.912 bits per heavy atom. The largest absolute Gasteiger partial charge is 0.458 e. The third-order valence-electron chi connectivity index (χ3n) is 5.75. The topological polar surface area (TPSA) is 73.3 Å². The Morgan fingerprint density at radius 2 is 1.50 bits per heavy atom. The Bertz CT molecular complexity index is 1070. The van der Waals surface area contributed by atoms with Crippen LogP contribution in [0, 0.1) is 0 Å². The third-order valence-corrected chi connectivity index (χ3v) is 5.75. The number of benzene rings is 2. The number of ether oxygens (including phenoxy) is 2. The summed E-state index contributed by atoms with van der Waals surface area (Å²) in [4.78, 5) is 21.7. The highest BCUT2D eigenvalue weighted by molar-refractivity contribution is 5.78. The highest BCUT2D eigenvalue weighted by atomic mass is 16.6. The molecule has 178 valence electrons. The molecule has 1 aliphatic rings. The van der Waals surface area contributed by atoms with Crippen LogP contribution in [-0.4, -0.2) is 40.3 Å². The average Bonchev–Trinajstić information content (AvgIpc) is 2.84. The number of hydrogen-bond donors (Lipinski definition) is 1. The summed E-state index contributed by atoms with van der Waals surface area (Å²) >= 11 is 0. The van der Waals surface area contributed by atoms with Crippen molar-refractivity contribution < 1.29 is 14.3 Å². The highest BCUT2D eigenvalue weighted by Crippen LogP contribution is 2.31. The summed E-state index contributed by atoms with van der Waals surface area (Å²) in [6, 6.07) is 20.6. The molecule has 1 aliphatic carbocycles. The first-order valence-corrected chi connectivity index (χ1v) is 12.0. The first-order chi connectivity index (χ1) is 16.4. The van der Waals surface area contributed by atoms with E-state index >= 15 is 0 Å². The van der Waals surface area contributed by atoms with E-state index in [1.165, 1.54) is 0 Å². The van der Waals surface area contributed by atoms with Crippen LogP contribution < -0.4 is 5.32 Å². The van der Waals surface area contributed by atoms with E-state index in [0.29, 0.717) is 6.04 Å². The van der Waals surface area contributed by atoms with Crippen molar-refractivity contribution in [2.45, 2.75) is 64.2 Å². The fourth-order valence-corrected chi connectivity index (χ4v) is 4.20. The minimum Gasteiger partial charge on any atom is -0.458 e. The van der Waals surface area contributed by atoms with Crippen molar-refractivity contribution in [2.24, 2.45) is 0 Å². The molecule has 1 heterocycles. The molecule has 3 aromatic rings. The zero-order valence-electron chi connectivity index (χ0n) is 20.2. The summed E-state index contributed by atoms with van der Waals surface area (Å²) in [5.74, 6) is 0.464. The normalized spacial score (nSPS) is 18.3. The number of carbonyl (C=O) groups excluding carboxylic acids is 1. The van der Waals surface area contributed by atoms with Crippen molar-refractivity contribution in [1.82, 2.24) is 9.97 Å². The lowest BCUT2D eigenvalue weighted by molar-refractivity contribution is -0.162. The highest BCUT2D eigenvalue weighted by Gasteiger charge is 2.24. The molecular formula is C28H33N3O3. The van der Waals surface area contributed by atoms with E-state index in [9.17, 15) is 4.79 Å². The second-order valence-corrected chi connectivity index (χ2v) is 9.70. The number of anilines is 1. The molecule has 4 rings (SSSR count). The van der Waals surface area contributed by atoms with Crippen molar-refractivity contribution in [3.05, 3.63) is 66.9 Å². The standard InChI is InChI=1S/C28H33N3O3/c1-28(2,3)34-25(32)19-33-23-16-14-22(15-17-23)30-24-18-29-26(20-10-6-4-7-11-20)27(31-24)21-12-8-5-9-13-21/h4-13,18,22-23H,14-17,19H2,1-3H3,(H,30,31)/t22-,23+. The van der Waals surface area contributed by atoms with Crippen LogP contribution in [0.25, 0.3) is 22.5 Å². The number of carbonyl (C=O) groups is 1. The zero-order chi connectivity index (χ0) is 24.0. The number of rotatable bonds is 7. The molecule has 0 saturated heterocycles. The lowest BCUT2D eigenvalue weighted by Gasteiger charge is -2.29. The van der Waals surface area contributed by atoms with Crippen molar-refractivity contribution >= 4 is 11.8 Å². The SMILES string of the molecule is CC(C)(C)OC(=O)CO[C@H]1CC[C@@H](Nc2cnc(-c3ccccc3)c(-c3ccccc3)n2)CC1. The average molecular weight is 460 g/mol. The number of nitrogens with zero attached hydrogens (tertiary/aromatic N) is 2. The first kappa shape index (κ1) is 23.9. The minimum atomic E-state index is -0.488. The lowest BCUT2D eigenvalue weighted by atomic mass is 9.93. The maximum atomic E-state index is 11.9. The smallest absolute Gasteiger partial charge is 0.332 e. The van der Waals surface area contributed by atoms with Gasteiger partial charge in [-0.15, -0.1) is 0 Å². The van der Waals surface area contributed by atoms with Gasteiger partial charge in [-0.25, -0.2) is 9.78 Å². The second-order valence-electron chi connectivity index (χ2n) is 9.70. The van der Waals surface area contributed by atoms with Crippen LogP contribution in [0.2, 0.25) is 0 Å². The fraction of sp³-hybridized carbons (Fsp3) is 0.393. The third kappa shape index (κ3) is 6.64. The molecule has 6 nitrogen and oxygen atoms in total. The molecule has 2 aromatic carbocycles. The fourth-order valence-electron chi connectivity index (χ4n) is 4.20. The predicted octanol–water partition coefficient (Wildman–Crippen LogP) is 5.89. The van der Waals surface area contributed by atoms with Gasteiger partial charge in [0.15, 0.2) is 0 Å². The van der Waals surface area contributed by atoms with Crippen LogP contribution in [0.4, 0.5) is 5.82 Å². The van der Waals surface area contributed by atoms with Crippen LogP contribution in [0.3, 0.4) is 0 Å². The molecule has 0 amide bonds. The second kappa shape index (κ2) is 10.8. The van der Waals surface area contributed by atoms with E-state index in [1.807, 2.05) is 63.4 Å². The molecule has 0 atom stereocenters. The van der Waals surface area contributed by atoms with Gasteiger partial charge >= 0.3 is 5.97 Å².